The molecule has 1 aliphatic rings. The molecule has 1 atom stereocenters. The van der Waals surface area contributed by atoms with E-state index in [9.17, 15) is 0 Å². The van der Waals surface area contributed by atoms with Gasteiger partial charge in [0.15, 0.2) is 0 Å². The molecule has 1 unspecified atom stereocenters. The summed E-state index contributed by atoms with van der Waals surface area (Å²) in [4.78, 5) is 2.54. The number of likely N-dealkylation sites (tertiary alicyclic amines) is 1. The van der Waals surface area contributed by atoms with Gasteiger partial charge in [-0.05, 0) is 59.8 Å². The Kier molecular flexibility index (Phi) is 6.01. The minimum absolute atomic E-state index is 0.556. The van der Waals surface area contributed by atoms with Gasteiger partial charge in [-0.15, -0.1) is 0 Å². The summed E-state index contributed by atoms with van der Waals surface area (Å²) in [5.74, 6) is 1.43. The largest absolute Gasteiger partial charge is 0.497 e. The fourth-order valence-corrected chi connectivity index (χ4v) is 4.01. The smallest absolute Gasteiger partial charge is 0.118 e. The first-order valence-corrected chi connectivity index (χ1v) is 10.2. The Hall–Kier alpha value is -2.98. The molecule has 3 aromatic rings. The summed E-state index contributed by atoms with van der Waals surface area (Å²) in [6, 6.07) is 25.3. The molecule has 4 rings (SSSR count). The van der Waals surface area contributed by atoms with E-state index in [2.05, 4.69) is 64.8 Å². The highest BCUT2D eigenvalue weighted by Gasteiger charge is 2.24. The lowest BCUT2D eigenvalue weighted by atomic mass is 9.97. The number of hydrogen-bond donors (Lipinski definition) is 2. The van der Waals surface area contributed by atoms with Gasteiger partial charge in [-0.1, -0.05) is 48.5 Å². The first-order chi connectivity index (χ1) is 14.2. The molecule has 3 N–H and O–H groups in total. The van der Waals surface area contributed by atoms with E-state index >= 15 is 0 Å². The third kappa shape index (κ3) is 4.90. The maximum atomic E-state index is 6.23. The lowest BCUT2D eigenvalue weighted by molar-refractivity contribution is 0.327. The van der Waals surface area contributed by atoms with Gasteiger partial charge in [0.2, 0.25) is 0 Å². The second kappa shape index (κ2) is 9.01. The average Bonchev–Trinajstić information content (AvgIpc) is 3.22. The van der Waals surface area contributed by atoms with Gasteiger partial charge < -0.3 is 15.8 Å². The van der Waals surface area contributed by atoms with Crippen molar-refractivity contribution in [1.82, 2.24) is 4.90 Å². The standard InChI is InChI=1S/C25H29N3O/c1-29-23-10-7-19(8-11-23)16-27-25-15-21(9-12-24(25)26)22-13-14-28(18-22)17-20-5-3-2-4-6-20/h2-12,15,22,27H,13-14,16-18,26H2,1H3. The molecule has 0 amide bonds. The van der Waals surface area contributed by atoms with E-state index < -0.39 is 0 Å². The van der Waals surface area contributed by atoms with E-state index in [-0.39, 0.29) is 0 Å². The van der Waals surface area contributed by atoms with E-state index in [0.29, 0.717) is 5.92 Å². The number of rotatable bonds is 7. The zero-order valence-corrected chi connectivity index (χ0v) is 17.0. The van der Waals surface area contributed by atoms with Crippen LogP contribution in [0.3, 0.4) is 0 Å². The van der Waals surface area contributed by atoms with Crippen molar-refractivity contribution >= 4 is 11.4 Å². The number of nitrogens with one attached hydrogen (secondary N) is 1. The van der Waals surface area contributed by atoms with Gasteiger partial charge in [0.1, 0.15) is 5.75 Å². The highest BCUT2D eigenvalue weighted by atomic mass is 16.5. The van der Waals surface area contributed by atoms with Gasteiger partial charge in [-0.25, -0.2) is 0 Å². The van der Waals surface area contributed by atoms with Gasteiger partial charge in [0, 0.05) is 19.6 Å². The van der Waals surface area contributed by atoms with Gasteiger partial charge in [0.25, 0.3) is 0 Å². The predicted molar refractivity (Wildman–Crippen MR) is 120 cm³/mol. The number of nitrogens with two attached hydrogens (primary N) is 1. The molecule has 0 saturated carbocycles. The van der Waals surface area contributed by atoms with E-state index in [0.717, 1.165) is 43.3 Å². The maximum Gasteiger partial charge on any atom is 0.118 e. The van der Waals surface area contributed by atoms with Crippen LogP contribution in [0.1, 0.15) is 29.0 Å². The molecule has 4 heteroatoms. The third-order valence-corrected chi connectivity index (χ3v) is 5.71. The van der Waals surface area contributed by atoms with E-state index in [1.54, 1.807) is 7.11 Å². The molecular formula is C25H29N3O. The maximum absolute atomic E-state index is 6.23. The summed E-state index contributed by atoms with van der Waals surface area (Å²) in [7, 11) is 1.68. The Bertz CT molecular complexity index is 925. The SMILES string of the molecule is COc1ccc(CNc2cc(C3CCN(Cc4ccccc4)C3)ccc2N)cc1. The van der Waals surface area contributed by atoms with E-state index in [1.165, 1.54) is 23.1 Å². The topological polar surface area (TPSA) is 50.5 Å². The summed E-state index contributed by atoms with van der Waals surface area (Å²) in [5.41, 5.74) is 12.0. The first-order valence-electron chi connectivity index (χ1n) is 10.2. The molecule has 1 aliphatic heterocycles. The first kappa shape index (κ1) is 19.3. The molecule has 0 spiro atoms. The second-order valence-electron chi connectivity index (χ2n) is 7.75. The highest BCUT2D eigenvalue weighted by molar-refractivity contribution is 5.67. The van der Waals surface area contributed by atoms with Crippen LogP contribution in [0, 0.1) is 0 Å². The van der Waals surface area contributed by atoms with Crippen LogP contribution in [0.2, 0.25) is 0 Å². The Morgan fingerprint density at radius 3 is 2.55 bits per heavy atom. The van der Waals surface area contributed by atoms with E-state index in [4.69, 9.17) is 10.5 Å². The van der Waals surface area contributed by atoms with Crippen LogP contribution in [-0.4, -0.2) is 25.1 Å². The number of methoxy groups -OCH3 is 1. The van der Waals surface area contributed by atoms with Gasteiger partial charge >= 0.3 is 0 Å². The minimum Gasteiger partial charge on any atom is -0.497 e. The van der Waals surface area contributed by atoms with Crippen LogP contribution < -0.4 is 15.8 Å². The lowest BCUT2D eigenvalue weighted by Gasteiger charge is -2.17. The van der Waals surface area contributed by atoms with Crippen molar-refractivity contribution in [1.29, 1.82) is 0 Å². The molecule has 1 heterocycles. The quantitative estimate of drug-likeness (QED) is 0.568. The molecule has 0 radical (unpaired) electrons. The number of nitrogens with zero attached hydrogens (tertiary/aromatic N) is 1. The van der Waals surface area contributed by atoms with Gasteiger partial charge in [-0.3, -0.25) is 4.90 Å². The molecular weight excluding hydrogens is 358 g/mol. The Morgan fingerprint density at radius 2 is 1.79 bits per heavy atom. The Morgan fingerprint density at radius 1 is 1.00 bits per heavy atom. The van der Waals surface area contributed by atoms with Crippen molar-refractivity contribution in [2.75, 3.05) is 31.2 Å². The molecule has 3 aromatic carbocycles. The van der Waals surface area contributed by atoms with Crippen molar-refractivity contribution in [3.05, 3.63) is 89.5 Å². The van der Waals surface area contributed by atoms with Crippen molar-refractivity contribution in [3.63, 3.8) is 0 Å². The highest BCUT2D eigenvalue weighted by Crippen LogP contribution is 2.32. The predicted octanol–water partition coefficient (Wildman–Crippen LogP) is 4.88. The zero-order chi connectivity index (χ0) is 20.1. The second-order valence-corrected chi connectivity index (χ2v) is 7.75. The van der Waals surface area contributed by atoms with Crippen molar-refractivity contribution in [3.8, 4) is 5.75 Å². The molecule has 150 valence electrons. The van der Waals surface area contributed by atoms with Crippen LogP contribution in [-0.2, 0) is 13.1 Å². The molecule has 1 fully saturated rings. The van der Waals surface area contributed by atoms with Crippen LogP contribution in [0.4, 0.5) is 11.4 Å². The number of anilines is 2. The Balaban J connectivity index is 1.38. The van der Waals surface area contributed by atoms with Crippen molar-refractivity contribution in [2.24, 2.45) is 0 Å². The van der Waals surface area contributed by atoms with E-state index in [1.807, 2.05) is 18.2 Å². The average molecular weight is 388 g/mol. The summed E-state index contributed by atoms with van der Waals surface area (Å²) < 4.78 is 5.23. The number of benzene rings is 3. The molecule has 0 aliphatic carbocycles. The van der Waals surface area contributed by atoms with Crippen LogP contribution in [0.15, 0.2) is 72.8 Å². The lowest BCUT2D eigenvalue weighted by Crippen LogP contribution is -2.19. The third-order valence-electron chi connectivity index (χ3n) is 5.71. The van der Waals surface area contributed by atoms with Crippen LogP contribution in [0.25, 0.3) is 0 Å². The normalized spacial score (nSPS) is 16.7. The molecule has 4 nitrogen and oxygen atoms in total. The Labute approximate surface area is 173 Å². The van der Waals surface area contributed by atoms with Crippen LogP contribution in [0.5, 0.6) is 5.75 Å². The number of hydrogen-bond acceptors (Lipinski definition) is 4. The number of ether oxygens (including phenoxy) is 1. The molecule has 29 heavy (non-hydrogen) atoms. The zero-order valence-electron chi connectivity index (χ0n) is 17.0. The summed E-state index contributed by atoms with van der Waals surface area (Å²) >= 11 is 0. The van der Waals surface area contributed by atoms with Gasteiger partial charge in [0.05, 0.1) is 18.5 Å². The van der Waals surface area contributed by atoms with Crippen molar-refractivity contribution < 1.29 is 4.74 Å². The fraction of sp³-hybridized carbons (Fsp3) is 0.280. The van der Waals surface area contributed by atoms with Gasteiger partial charge in [-0.2, -0.15) is 0 Å². The summed E-state index contributed by atoms with van der Waals surface area (Å²) in [6.45, 7) is 3.99. The van der Waals surface area contributed by atoms with Crippen molar-refractivity contribution in [2.45, 2.75) is 25.4 Å². The summed E-state index contributed by atoms with van der Waals surface area (Å²) in [5, 5.41) is 3.50. The summed E-state index contributed by atoms with van der Waals surface area (Å²) in [6.07, 6.45) is 1.19. The molecule has 0 bridgehead atoms. The van der Waals surface area contributed by atoms with Crippen LogP contribution >= 0.6 is 0 Å². The fourth-order valence-electron chi connectivity index (χ4n) is 4.01. The monoisotopic (exact) mass is 387 g/mol. The molecule has 0 aromatic heterocycles. The molecule has 1 saturated heterocycles. The minimum atomic E-state index is 0.556. The number of nitrogen functional groups attached to an aromatic ring is 1.